The van der Waals surface area contributed by atoms with E-state index in [1.54, 1.807) is 0 Å². The van der Waals surface area contributed by atoms with Crippen LogP contribution in [0.2, 0.25) is 0 Å². The van der Waals surface area contributed by atoms with Crippen molar-refractivity contribution < 1.29 is 0 Å². The lowest BCUT2D eigenvalue weighted by Crippen LogP contribution is -2.10. The van der Waals surface area contributed by atoms with Crippen LogP contribution in [-0.2, 0) is 19.3 Å². The molecule has 0 amide bonds. The van der Waals surface area contributed by atoms with Gasteiger partial charge < -0.3 is 0 Å². The molecule has 0 bridgehead atoms. The average Bonchev–Trinajstić information content (AvgIpc) is 2.99. The highest BCUT2D eigenvalue weighted by molar-refractivity contribution is 9.10. The lowest BCUT2D eigenvalue weighted by molar-refractivity contribution is 0.659. The quantitative estimate of drug-likeness (QED) is 0.474. The van der Waals surface area contributed by atoms with Gasteiger partial charge in [-0.3, -0.25) is 0 Å². The number of hydrogen-bond donors (Lipinski definition) is 0. The molecule has 1 aromatic carbocycles. The number of aryl methyl sites for hydroxylation is 3. The minimum absolute atomic E-state index is 1.04. The molecule has 136 valence electrons. The van der Waals surface area contributed by atoms with Gasteiger partial charge in [-0.05, 0) is 80.8 Å². The normalized spacial score (nSPS) is 14.0. The molecule has 1 aliphatic carbocycles. The highest BCUT2D eigenvalue weighted by Gasteiger charge is 2.22. The zero-order valence-electron chi connectivity index (χ0n) is 15.7. The number of aromatic nitrogens is 3. The van der Waals surface area contributed by atoms with Gasteiger partial charge in [0, 0.05) is 15.6 Å². The van der Waals surface area contributed by atoms with E-state index in [1.165, 1.54) is 67.2 Å². The molecule has 0 aliphatic heterocycles. The third-order valence-electron chi connectivity index (χ3n) is 5.48. The summed E-state index contributed by atoms with van der Waals surface area (Å²) in [6.07, 6.45) is 9.78. The number of unbranched alkanes of at least 4 members (excludes halogenated alkanes) is 2. The van der Waals surface area contributed by atoms with Gasteiger partial charge in [0.1, 0.15) is 0 Å². The largest absolute Gasteiger partial charge is 0.233 e. The molecule has 0 fully saturated rings. The minimum Gasteiger partial charge on any atom is -0.233 e. The third-order valence-corrected chi connectivity index (χ3v) is 6.01. The first kappa shape index (κ1) is 17.7. The van der Waals surface area contributed by atoms with Gasteiger partial charge >= 0.3 is 0 Å². The van der Waals surface area contributed by atoms with Crippen LogP contribution >= 0.6 is 15.9 Å². The molecule has 0 unspecified atom stereocenters. The maximum atomic E-state index is 5.17. The SMILES string of the molecule is CCCCCc1nc2c(c(C)nn2-c2ccc(Br)cc2)c2c1CCCC2. The maximum absolute atomic E-state index is 5.17. The summed E-state index contributed by atoms with van der Waals surface area (Å²) in [5.41, 5.74) is 7.59. The van der Waals surface area contributed by atoms with Crippen molar-refractivity contribution in [3.8, 4) is 5.69 Å². The number of fused-ring (bicyclic) bond motifs is 3. The van der Waals surface area contributed by atoms with Crippen molar-refractivity contribution in [2.75, 3.05) is 0 Å². The van der Waals surface area contributed by atoms with Gasteiger partial charge in [-0.25, -0.2) is 9.67 Å². The van der Waals surface area contributed by atoms with Crippen LogP contribution in [0.1, 0.15) is 61.5 Å². The van der Waals surface area contributed by atoms with Crippen LogP contribution in [-0.4, -0.2) is 14.8 Å². The fraction of sp³-hybridized carbons (Fsp3) is 0.455. The summed E-state index contributed by atoms with van der Waals surface area (Å²) in [7, 11) is 0. The van der Waals surface area contributed by atoms with E-state index in [0.717, 1.165) is 27.9 Å². The summed E-state index contributed by atoms with van der Waals surface area (Å²) in [5, 5.41) is 6.17. The van der Waals surface area contributed by atoms with E-state index in [0.29, 0.717) is 0 Å². The summed E-state index contributed by atoms with van der Waals surface area (Å²) < 4.78 is 3.12. The second-order valence-corrected chi connectivity index (χ2v) is 8.27. The molecule has 0 saturated carbocycles. The van der Waals surface area contributed by atoms with Crippen LogP contribution in [0.4, 0.5) is 0 Å². The first-order valence-electron chi connectivity index (χ1n) is 9.85. The number of halogens is 1. The van der Waals surface area contributed by atoms with Crippen molar-refractivity contribution in [1.29, 1.82) is 0 Å². The zero-order valence-corrected chi connectivity index (χ0v) is 17.3. The molecule has 4 rings (SSSR count). The molecule has 0 saturated heterocycles. The van der Waals surface area contributed by atoms with Crippen molar-refractivity contribution in [2.24, 2.45) is 0 Å². The Kier molecular flexibility index (Phi) is 5.12. The molecule has 0 atom stereocenters. The van der Waals surface area contributed by atoms with Gasteiger partial charge in [-0.2, -0.15) is 5.10 Å². The maximum Gasteiger partial charge on any atom is 0.163 e. The van der Waals surface area contributed by atoms with Crippen molar-refractivity contribution in [3.63, 3.8) is 0 Å². The Labute approximate surface area is 164 Å². The Morgan fingerprint density at radius 3 is 2.50 bits per heavy atom. The van der Waals surface area contributed by atoms with Crippen LogP contribution in [0.25, 0.3) is 16.7 Å². The van der Waals surface area contributed by atoms with Crippen LogP contribution < -0.4 is 0 Å². The first-order valence-corrected chi connectivity index (χ1v) is 10.6. The van der Waals surface area contributed by atoms with E-state index in [1.807, 2.05) is 4.68 Å². The predicted octanol–water partition coefficient (Wildman–Crippen LogP) is 6.10. The van der Waals surface area contributed by atoms with Crippen molar-refractivity contribution in [1.82, 2.24) is 14.8 Å². The highest BCUT2D eigenvalue weighted by atomic mass is 79.9. The van der Waals surface area contributed by atoms with Crippen molar-refractivity contribution >= 4 is 27.0 Å². The molecule has 3 aromatic rings. The van der Waals surface area contributed by atoms with Crippen molar-refractivity contribution in [2.45, 2.75) is 65.2 Å². The average molecular weight is 412 g/mol. The molecule has 26 heavy (non-hydrogen) atoms. The lowest BCUT2D eigenvalue weighted by atomic mass is 9.87. The van der Waals surface area contributed by atoms with Gasteiger partial charge in [0.15, 0.2) is 5.65 Å². The molecule has 2 aromatic heterocycles. The Hall–Kier alpha value is -1.68. The summed E-state index contributed by atoms with van der Waals surface area (Å²) in [5.74, 6) is 0. The molecule has 0 radical (unpaired) electrons. The smallest absolute Gasteiger partial charge is 0.163 e. The number of benzene rings is 1. The first-order chi connectivity index (χ1) is 12.7. The van der Waals surface area contributed by atoms with Crippen LogP contribution in [0.3, 0.4) is 0 Å². The Morgan fingerprint density at radius 1 is 1.04 bits per heavy atom. The molecule has 4 heteroatoms. The van der Waals surface area contributed by atoms with E-state index < -0.39 is 0 Å². The van der Waals surface area contributed by atoms with Crippen LogP contribution in [0.5, 0.6) is 0 Å². The molecule has 2 heterocycles. The standard InChI is InChI=1S/C22H26BrN3/c1-3-4-5-10-20-18-8-6-7-9-19(18)21-15(2)25-26(22(21)24-20)17-13-11-16(23)12-14-17/h11-14H,3-10H2,1-2H3. The second kappa shape index (κ2) is 7.51. The summed E-state index contributed by atoms with van der Waals surface area (Å²) in [6, 6.07) is 8.35. The van der Waals surface area contributed by atoms with Crippen molar-refractivity contribution in [3.05, 3.63) is 51.3 Å². The number of pyridine rings is 1. The number of rotatable bonds is 5. The molecule has 0 spiro atoms. The summed E-state index contributed by atoms with van der Waals surface area (Å²) in [4.78, 5) is 5.17. The lowest BCUT2D eigenvalue weighted by Gasteiger charge is -2.20. The Morgan fingerprint density at radius 2 is 1.77 bits per heavy atom. The fourth-order valence-electron chi connectivity index (χ4n) is 4.18. The molecule has 1 aliphatic rings. The topological polar surface area (TPSA) is 30.7 Å². The van der Waals surface area contributed by atoms with E-state index in [9.17, 15) is 0 Å². The number of hydrogen-bond acceptors (Lipinski definition) is 2. The molecule has 3 nitrogen and oxygen atoms in total. The Bertz CT molecular complexity index is 925. The van der Waals surface area contributed by atoms with E-state index in [-0.39, 0.29) is 0 Å². The van der Waals surface area contributed by atoms with Gasteiger partial charge in [-0.1, -0.05) is 35.7 Å². The number of nitrogens with zero attached hydrogens (tertiary/aromatic N) is 3. The second-order valence-electron chi connectivity index (χ2n) is 7.35. The predicted molar refractivity (Wildman–Crippen MR) is 111 cm³/mol. The Balaban J connectivity index is 1.89. The highest BCUT2D eigenvalue weighted by Crippen LogP contribution is 2.33. The van der Waals surface area contributed by atoms with Gasteiger partial charge in [0.05, 0.1) is 11.4 Å². The van der Waals surface area contributed by atoms with Gasteiger partial charge in [-0.15, -0.1) is 0 Å². The zero-order chi connectivity index (χ0) is 18.1. The summed E-state index contributed by atoms with van der Waals surface area (Å²) in [6.45, 7) is 4.39. The monoisotopic (exact) mass is 411 g/mol. The van der Waals surface area contributed by atoms with E-state index in [4.69, 9.17) is 10.1 Å². The van der Waals surface area contributed by atoms with E-state index in [2.05, 4.69) is 54.0 Å². The van der Waals surface area contributed by atoms with Gasteiger partial charge in [0.25, 0.3) is 0 Å². The fourth-order valence-corrected chi connectivity index (χ4v) is 4.44. The molecular formula is C22H26BrN3. The third kappa shape index (κ3) is 3.20. The van der Waals surface area contributed by atoms with E-state index >= 15 is 0 Å². The van der Waals surface area contributed by atoms with Gasteiger partial charge in [0.2, 0.25) is 0 Å². The minimum atomic E-state index is 1.04. The van der Waals surface area contributed by atoms with Crippen LogP contribution in [0.15, 0.2) is 28.7 Å². The summed E-state index contributed by atoms with van der Waals surface area (Å²) >= 11 is 3.52. The molecular weight excluding hydrogens is 386 g/mol. The van der Waals surface area contributed by atoms with Crippen LogP contribution in [0, 0.1) is 6.92 Å². The molecule has 0 N–H and O–H groups in total.